The van der Waals surface area contributed by atoms with E-state index < -0.39 is 12.0 Å². The summed E-state index contributed by atoms with van der Waals surface area (Å²) in [5.41, 5.74) is 1.37. The number of allylic oxidation sites excluding steroid dienone is 4. The van der Waals surface area contributed by atoms with Crippen molar-refractivity contribution in [3.8, 4) is 0 Å². The summed E-state index contributed by atoms with van der Waals surface area (Å²) in [5.74, 6) is -0.913. The SMILES string of the molecule is C=C(F)/C=C\C(=C)c1cn(C2COC2)c2ccn(CC(=O)N3CCC(F)C3)c(=O)c12. The van der Waals surface area contributed by atoms with Crippen LogP contribution in [0.5, 0.6) is 0 Å². The van der Waals surface area contributed by atoms with E-state index in [-0.39, 0.29) is 30.6 Å². The maximum Gasteiger partial charge on any atom is 0.261 e. The smallest absolute Gasteiger partial charge is 0.261 e. The molecule has 0 saturated carbocycles. The number of rotatable bonds is 6. The number of halogens is 2. The first-order valence-electron chi connectivity index (χ1n) is 9.80. The predicted octanol–water partition coefficient (Wildman–Crippen LogP) is 3.00. The number of alkyl halides is 1. The fourth-order valence-electron chi connectivity index (χ4n) is 3.83. The minimum Gasteiger partial charge on any atom is -0.377 e. The number of aromatic nitrogens is 2. The number of carbonyl (C=O) groups is 1. The van der Waals surface area contributed by atoms with Crippen LogP contribution in [0.15, 0.2) is 54.4 Å². The summed E-state index contributed by atoms with van der Waals surface area (Å²) in [6.07, 6.45) is 5.34. The fraction of sp³-hybridized carbons (Fsp3) is 0.364. The van der Waals surface area contributed by atoms with E-state index in [1.165, 1.54) is 21.6 Å². The third-order valence-corrected chi connectivity index (χ3v) is 5.57. The molecule has 0 N–H and O–H groups in total. The zero-order valence-corrected chi connectivity index (χ0v) is 16.5. The Morgan fingerprint density at radius 1 is 1.30 bits per heavy atom. The molecular formula is C22H23F2N3O3. The molecule has 2 fully saturated rings. The average molecular weight is 415 g/mol. The van der Waals surface area contributed by atoms with Gasteiger partial charge in [-0.1, -0.05) is 19.2 Å². The number of likely N-dealkylation sites (tertiary alicyclic amines) is 1. The van der Waals surface area contributed by atoms with Crippen LogP contribution in [0.4, 0.5) is 8.78 Å². The quantitative estimate of drug-likeness (QED) is 0.682. The van der Waals surface area contributed by atoms with Crippen LogP contribution in [-0.2, 0) is 16.1 Å². The number of carbonyl (C=O) groups excluding carboxylic acids is 1. The fourth-order valence-corrected chi connectivity index (χ4v) is 3.83. The topological polar surface area (TPSA) is 56.5 Å². The van der Waals surface area contributed by atoms with Gasteiger partial charge in [-0.2, -0.15) is 0 Å². The van der Waals surface area contributed by atoms with E-state index in [2.05, 4.69) is 13.2 Å². The normalized spacial score (nSPS) is 19.5. The van der Waals surface area contributed by atoms with Crippen LogP contribution in [0.1, 0.15) is 18.0 Å². The largest absolute Gasteiger partial charge is 0.377 e. The Kier molecular flexibility index (Phi) is 5.42. The Morgan fingerprint density at radius 3 is 2.67 bits per heavy atom. The van der Waals surface area contributed by atoms with Gasteiger partial charge >= 0.3 is 0 Å². The second-order valence-electron chi connectivity index (χ2n) is 7.68. The summed E-state index contributed by atoms with van der Waals surface area (Å²) in [4.78, 5) is 27.2. The molecule has 4 rings (SSSR count). The molecule has 158 valence electrons. The third kappa shape index (κ3) is 3.75. The van der Waals surface area contributed by atoms with Crippen LogP contribution in [0.25, 0.3) is 16.5 Å². The van der Waals surface area contributed by atoms with Crippen molar-refractivity contribution in [1.82, 2.24) is 14.0 Å². The highest BCUT2D eigenvalue weighted by Crippen LogP contribution is 2.30. The molecule has 0 spiro atoms. The van der Waals surface area contributed by atoms with Crippen LogP contribution in [0, 0.1) is 0 Å². The first kappa shape index (κ1) is 20.3. The molecule has 1 atom stereocenters. The maximum absolute atomic E-state index is 13.4. The molecule has 30 heavy (non-hydrogen) atoms. The van der Waals surface area contributed by atoms with Crippen molar-refractivity contribution in [2.24, 2.45) is 0 Å². The second kappa shape index (κ2) is 8.02. The summed E-state index contributed by atoms with van der Waals surface area (Å²) < 4.78 is 35.1. The van der Waals surface area contributed by atoms with Crippen molar-refractivity contribution < 1.29 is 18.3 Å². The van der Waals surface area contributed by atoms with Crippen molar-refractivity contribution in [3.63, 3.8) is 0 Å². The van der Waals surface area contributed by atoms with E-state index in [0.29, 0.717) is 48.2 Å². The molecule has 2 aliphatic heterocycles. The number of hydrogen-bond donors (Lipinski definition) is 0. The molecule has 2 aromatic rings. The molecular weight excluding hydrogens is 392 g/mol. The Morgan fingerprint density at radius 2 is 2.07 bits per heavy atom. The molecule has 8 heteroatoms. The van der Waals surface area contributed by atoms with Crippen LogP contribution in [0.3, 0.4) is 0 Å². The Balaban J connectivity index is 1.74. The van der Waals surface area contributed by atoms with Crippen molar-refractivity contribution in [2.75, 3.05) is 26.3 Å². The van der Waals surface area contributed by atoms with E-state index in [1.54, 1.807) is 12.3 Å². The van der Waals surface area contributed by atoms with E-state index in [1.807, 2.05) is 10.8 Å². The lowest BCUT2D eigenvalue weighted by Crippen LogP contribution is -2.35. The lowest BCUT2D eigenvalue weighted by Gasteiger charge is -2.28. The molecule has 4 heterocycles. The summed E-state index contributed by atoms with van der Waals surface area (Å²) in [6.45, 7) is 8.48. The summed E-state index contributed by atoms with van der Waals surface area (Å²) in [7, 11) is 0. The van der Waals surface area contributed by atoms with Crippen molar-refractivity contribution >= 4 is 22.4 Å². The molecule has 6 nitrogen and oxygen atoms in total. The lowest BCUT2D eigenvalue weighted by molar-refractivity contribution is -0.131. The molecule has 0 radical (unpaired) electrons. The van der Waals surface area contributed by atoms with Gasteiger partial charge in [-0.15, -0.1) is 0 Å². The van der Waals surface area contributed by atoms with Crippen LogP contribution < -0.4 is 5.56 Å². The highest BCUT2D eigenvalue weighted by Gasteiger charge is 2.27. The molecule has 2 aliphatic rings. The van der Waals surface area contributed by atoms with Gasteiger partial charge in [0.1, 0.15) is 18.5 Å². The van der Waals surface area contributed by atoms with E-state index in [4.69, 9.17) is 4.74 Å². The van der Waals surface area contributed by atoms with E-state index in [9.17, 15) is 18.4 Å². The van der Waals surface area contributed by atoms with Crippen molar-refractivity contribution in [1.29, 1.82) is 0 Å². The van der Waals surface area contributed by atoms with Gasteiger partial charge in [0.25, 0.3) is 5.56 Å². The van der Waals surface area contributed by atoms with Gasteiger partial charge in [0.15, 0.2) is 0 Å². The minimum absolute atomic E-state index is 0.0633. The first-order chi connectivity index (χ1) is 14.3. The standard InChI is InChI=1S/C22H23F2N3O3/c1-14(3-4-15(2)23)18-10-27(17-12-30-13-17)19-6-8-26(22(29)21(18)19)11-20(28)25-7-5-16(24)9-25/h3-4,6,8,10,16-17H,1-2,5,7,9,11-13H2/b4-3-. The second-order valence-corrected chi connectivity index (χ2v) is 7.68. The molecule has 0 aliphatic carbocycles. The molecule has 2 saturated heterocycles. The van der Waals surface area contributed by atoms with E-state index in [0.717, 1.165) is 0 Å². The van der Waals surface area contributed by atoms with Crippen LogP contribution >= 0.6 is 0 Å². The van der Waals surface area contributed by atoms with Gasteiger partial charge in [0.2, 0.25) is 5.91 Å². The Labute approximate surface area is 172 Å². The molecule has 1 unspecified atom stereocenters. The molecule has 0 bridgehead atoms. The number of fused-ring (bicyclic) bond motifs is 1. The Hall–Kier alpha value is -3.00. The molecule has 0 aromatic carbocycles. The maximum atomic E-state index is 13.4. The number of pyridine rings is 1. The van der Waals surface area contributed by atoms with Gasteiger partial charge in [-0.05, 0) is 24.1 Å². The highest BCUT2D eigenvalue weighted by atomic mass is 19.1. The number of hydrogen-bond acceptors (Lipinski definition) is 3. The number of nitrogens with zero attached hydrogens (tertiary/aromatic N) is 3. The summed E-state index contributed by atoms with van der Waals surface area (Å²) in [5, 5.41) is 0.404. The first-order valence-corrected chi connectivity index (χ1v) is 9.80. The monoisotopic (exact) mass is 415 g/mol. The van der Waals surface area contributed by atoms with Gasteiger partial charge < -0.3 is 18.8 Å². The van der Waals surface area contributed by atoms with Crippen molar-refractivity contribution in [2.45, 2.75) is 25.2 Å². The van der Waals surface area contributed by atoms with Gasteiger partial charge in [-0.25, -0.2) is 8.78 Å². The highest BCUT2D eigenvalue weighted by molar-refractivity contribution is 5.94. The predicted molar refractivity (Wildman–Crippen MR) is 111 cm³/mol. The number of amides is 1. The third-order valence-electron chi connectivity index (χ3n) is 5.57. The van der Waals surface area contributed by atoms with Crippen LogP contribution in [-0.4, -0.2) is 52.4 Å². The minimum atomic E-state index is -1.01. The zero-order valence-electron chi connectivity index (χ0n) is 16.5. The zero-order chi connectivity index (χ0) is 21.4. The van der Waals surface area contributed by atoms with Crippen LogP contribution in [0.2, 0.25) is 0 Å². The van der Waals surface area contributed by atoms with E-state index >= 15 is 0 Å². The van der Waals surface area contributed by atoms with Crippen molar-refractivity contribution in [3.05, 3.63) is 65.5 Å². The Bertz CT molecular complexity index is 1110. The lowest BCUT2D eigenvalue weighted by atomic mass is 10.1. The van der Waals surface area contributed by atoms with Gasteiger partial charge in [-0.3, -0.25) is 9.59 Å². The number of ether oxygens (including phenoxy) is 1. The molecule has 1 amide bonds. The summed E-state index contributed by atoms with van der Waals surface area (Å²) in [6, 6.07) is 1.87. The molecule has 2 aromatic heterocycles. The van der Waals surface area contributed by atoms with Gasteiger partial charge in [0.05, 0.1) is 36.7 Å². The average Bonchev–Trinajstić information content (AvgIpc) is 3.25. The van der Waals surface area contributed by atoms with Gasteiger partial charge in [0, 0.05) is 24.5 Å². The summed E-state index contributed by atoms with van der Waals surface area (Å²) >= 11 is 0.